The summed E-state index contributed by atoms with van der Waals surface area (Å²) in [4.78, 5) is 33.4. The number of pyridine rings is 1. The fourth-order valence-electron chi connectivity index (χ4n) is 3.23. The summed E-state index contributed by atoms with van der Waals surface area (Å²) in [5, 5.41) is 0. The summed E-state index contributed by atoms with van der Waals surface area (Å²) < 4.78 is 37.8. The lowest BCUT2D eigenvalue weighted by molar-refractivity contribution is -0.143. The maximum atomic E-state index is 12.6. The van der Waals surface area contributed by atoms with Gasteiger partial charge in [0.2, 0.25) is 11.8 Å². The van der Waals surface area contributed by atoms with Crippen LogP contribution in [0, 0.1) is 5.41 Å². The van der Waals surface area contributed by atoms with Gasteiger partial charge in [0.15, 0.2) is 0 Å². The van der Waals surface area contributed by atoms with E-state index in [0.717, 1.165) is 12.3 Å². The van der Waals surface area contributed by atoms with Crippen molar-refractivity contribution in [1.29, 1.82) is 0 Å². The Morgan fingerprint density at radius 1 is 1.12 bits per heavy atom. The maximum Gasteiger partial charge on any atom is 0.417 e. The van der Waals surface area contributed by atoms with Crippen molar-refractivity contribution in [3.05, 3.63) is 23.9 Å². The monoisotopic (exact) mass is 370 g/mol. The van der Waals surface area contributed by atoms with Crippen LogP contribution in [0.5, 0.6) is 0 Å². The molecular weight excluding hydrogens is 349 g/mol. The van der Waals surface area contributed by atoms with Crippen LogP contribution in [0.2, 0.25) is 0 Å². The van der Waals surface area contributed by atoms with Gasteiger partial charge < -0.3 is 4.90 Å². The van der Waals surface area contributed by atoms with Crippen molar-refractivity contribution in [1.82, 2.24) is 14.8 Å². The first-order valence-electron chi connectivity index (χ1n) is 8.43. The van der Waals surface area contributed by atoms with Crippen LogP contribution in [-0.2, 0) is 15.8 Å². The summed E-state index contributed by atoms with van der Waals surface area (Å²) in [6.07, 6.45) is -3.33. The van der Waals surface area contributed by atoms with Crippen LogP contribution in [0.25, 0.3) is 0 Å². The zero-order chi connectivity index (χ0) is 19.1. The van der Waals surface area contributed by atoms with Crippen LogP contribution in [-0.4, -0.2) is 59.4 Å². The molecule has 142 valence electrons. The predicted octanol–water partition coefficient (Wildman–Crippen LogP) is 1.97. The van der Waals surface area contributed by atoms with Gasteiger partial charge in [-0.3, -0.25) is 19.4 Å². The van der Waals surface area contributed by atoms with Gasteiger partial charge in [0.05, 0.1) is 17.6 Å². The van der Waals surface area contributed by atoms with E-state index < -0.39 is 17.2 Å². The van der Waals surface area contributed by atoms with Crippen LogP contribution in [0.4, 0.5) is 19.0 Å². The molecule has 3 rings (SSSR count). The van der Waals surface area contributed by atoms with E-state index in [4.69, 9.17) is 0 Å². The molecule has 2 saturated heterocycles. The van der Waals surface area contributed by atoms with Crippen molar-refractivity contribution in [2.45, 2.75) is 26.4 Å². The highest BCUT2D eigenvalue weighted by atomic mass is 19.4. The number of hydrogen-bond donors (Lipinski definition) is 0. The average Bonchev–Trinajstić information content (AvgIpc) is 2.77. The summed E-state index contributed by atoms with van der Waals surface area (Å²) in [5.41, 5.74) is -1.42. The van der Waals surface area contributed by atoms with Crippen LogP contribution in [0.15, 0.2) is 18.3 Å². The van der Waals surface area contributed by atoms with Crippen molar-refractivity contribution in [2.75, 3.05) is 37.7 Å². The number of rotatable bonds is 3. The predicted molar refractivity (Wildman–Crippen MR) is 88.1 cm³/mol. The molecule has 0 spiro atoms. The van der Waals surface area contributed by atoms with E-state index in [0.29, 0.717) is 32.0 Å². The van der Waals surface area contributed by atoms with Crippen molar-refractivity contribution >= 4 is 17.6 Å². The van der Waals surface area contributed by atoms with E-state index in [2.05, 4.69) is 4.98 Å². The molecule has 2 aliphatic heterocycles. The van der Waals surface area contributed by atoms with Gasteiger partial charge in [0.25, 0.3) is 0 Å². The Labute approximate surface area is 149 Å². The number of anilines is 1. The fraction of sp³-hybridized carbons (Fsp3) is 0.588. The summed E-state index contributed by atoms with van der Waals surface area (Å²) in [5.74, 6) is 0.174. The highest BCUT2D eigenvalue weighted by Crippen LogP contribution is 2.32. The van der Waals surface area contributed by atoms with E-state index in [-0.39, 0.29) is 24.9 Å². The van der Waals surface area contributed by atoms with E-state index in [9.17, 15) is 22.8 Å². The largest absolute Gasteiger partial charge is 0.417 e. The van der Waals surface area contributed by atoms with Crippen molar-refractivity contribution < 1.29 is 22.8 Å². The highest BCUT2D eigenvalue weighted by molar-refractivity contribution is 6.05. The molecule has 0 unspecified atom stereocenters. The summed E-state index contributed by atoms with van der Waals surface area (Å²) >= 11 is 0. The van der Waals surface area contributed by atoms with Crippen molar-refractivity contribution in [3.8, 4) is 0 Å². The van der Waals surface area contributed by atoms with Crippen LogP contribution < -0.4 is 4.90 Å². The minimum absolute atomic E-state index is 0.158. The lowest BCUT2D eigenvalue weighted by Crippen LogP contribution is -2.51. The number of imide groups is 1. The summed E-state index contributed by atoms with van der Waals surface area (Å²) in [6, 6.07) is 2.40. The standard InChI is InChI=1S/C17H21F3N4O2/c1-16(2)9-14(25)24(15(16)26)11-22-5-7-23(8-6-22)13-4-3-12(10-21-13)17(18,19)20/h3-4,10H,5-9,11H2,1-2H3. The van der Waals surface area contributed by atoms with Gasteiger partial charge in [-0.2, -0.15) is 13.2 Å². The number of carbonyl (C=O) groups is 2. The zero-order valence-corrected chi connectivity index (χ0v) is 14.7. The second-order valence-corrected chi connectivity index (χ2v) is 7.34. The first-order valence-corrected chi connectivity index (χ1v) is 8.43. The molecule has 1 aromatic rings. The van der Waals surface area contributed by atoms with Crippen LogP contribution in [0.1, 0.15) is 25.8 Å². The highest BCUT2D eigenvalue weighted by Gasteiger charge is 2.45. The quantitative estimate of drug-likeness (QED) is 0.762. The van der Waals surface area contributed by atoms with Crippen LogP contribution in [0.3, 0.4) is 0 Å². The molecule has 26 heavy (non-hydrogen) atoms. The first-order chi connectivity index (χ1) is 12.1. The molecule has 0 bridgehead atoms. The van der Waals surface area contributed by atoms with E-state index in [1.165, 1.54) is 11.0 Å². The minimum Gasteiger partial charge on any atom is -0.354 e. The second-order valence-electron chi connectivity index (χ2n) is 7.34. The molecule has 3 heterocycles. The molecule has 2 amide bonds. The van der Waals surface area contributed by atoms with Gasteiger partial charge in [-0.1, -0.05) is 13.8 Å². The molecule has 0 aromatic carbocycles. The van der Waals surface area contributed by atoms with Gasteiger partial charge >= 0.3 is 6.18 Å². The smallest absolute Gasteiger partial charge is 0.354 e. The summed E-state index contributed by atoms with van der Waals surface area (Å²) in [6.45, 7) is 6.12. The minimum atomic E-state index is -4.40. The molecule has 0 radical (unpaired) electrons. The number of hydrogen-bond acceptors (Lipinski definition) is 5. The second kappa shape index (κ2) is 6.53. The Bertz CT molecular complexity index is 695. The molecule has 0 atom stereocenters. The van der Waals surface area contributed by atoms with Crippen molar-refractivity contribution in [3.63, 3.8) is 0 Å². The van der Waals surface area contributed by atoms with E-state index in [1.54, 1.807) is 13.8 Å². The number of piperazine rings is 1. The third-order valence-corrected chi connectivity index (χ3v) is 4.83. The number of aromatic nitrogens is 1. The zero-order valence-electron chi connectivity index (χ0n) is 14.7. The molecule has 2 aliphatic rings. The molecular formula is C17H21F3N4O2. The lowest BCUT2D eigenvalue weighted by atomic mass is 9.92. The Morgan fingerprint density at radius 3 is 2.23 bits per heavy atom. The first kappa shape index (κ1) is 18.6. The molecule has 6 nitrogen and oxygen atoms in total. The number of carbonyl (C=O) groups excluding carboxylic acids is 2. The van der Waals surface area contributed by atoms with E-state index in [1.807, 2.05) is 9.80 Å². The third kappa shape index (κ3) is 3.67. The summed E-state index contributed by atoms with van der Waals surface area (Å²) in [7, 11) is 0. The number of amides is 2. The molecule has 0 N–H and O–H groups in total. The Balaban J connectivity index is 1.56. The van der Waals surface area contributed by atoms with Gasteiger partial charge in [-0.15, -0.1) is 0 Å². The number of alkyl halides is 3. The van der Waals surface area contributed by atoms with E-state index >= 15 is 0 Å². The van der Waals surface area contributed by atoms with Gasteiger partial charge in [0.1, 0.15) is 5.82 Å². The maximum absolute atomic E-state index is 12.6. The average molecular weight is 370 g/mol. The normalized spacial score (nSPS) is 21.6. The van der Waals surface area contributed by atoms with Crippen LogP contribution >= 0.6 is 0 Å². The molecule has 1 aromatic heterocycles. The molecule has 0 saturated carbocycles. The Kier molecular flexibility index (Phi) is 4.68. The fourth-order valence-corrected chi connectivity index (χ4v) is 3.23. The number of halogens is 3. The van der Waals surface area contributed by atoms with Crippen molar-refractivity contribution in [2.24, 2.45) is 5.41 Å². The SMILES string of the molecule is CC1(C)CC(=O)N(CN2CCN(c3ccc(C(F)(F)F)cn3)CC2)C1=O. The Hall–Kier alpha value is -2.16. The molecule has 0 aliphatic carbocycles. The topological polar surface area (TPSA) is 56.8 Å². The number of nitrogens with zero attached hydrogens (tertiary/aromatic N) is 4. The molecule has 2 fully saturated rings. The number of likely N-dealkylation sites (tertiary alicyclic amines) is 1. The molecule has 9 heteroatoms. The Morgan fingerprint density at radius 2 is 1.77 bits per heavy atom. The third-order valence-electron chi connectivity index (χ3n) is 4.83. The van der Waals surface area contributed by atoms with Gasteiger partial charge in [-0.25, -0.2) is 4.98 Å². The van der Waals surface area contributed by atoms with Gasteiger partial charge in [-0.05, 0) is 12.1 Å². The lowest BCUT2D eigenvalue weighted by Gasteiger charge is -2.37. The van der Waals surface area contributed by atoms with Gasteiger partial charge in [0, 0.05) is 38.8 Å².